The maximum absolute atomic E-state index is 12.4. The Labute approximate surface area is 91.3 Å². The summed E-state index contributed by atoms with van der Waals surface area (Å²) in [5.41, 5.74) is -1.72. The van der Waals surface area contributed by atoms with Gasteiger partial charge in [-0.25, -0.2) is 13.8 Å². The monoisotopic (exact) mass is 282 g/mol. The highest BCUT2D eigenvalue weighted by molar-refractivity contribution is 9.10. The van der Waals surface area contributed by atoms with Gasteiger partial charge in [-0.15, -0.1) is 0 Å². The molecule has 1 rings (SSSR count). The van der Waals surface area contributed by atoms with Gasteiger partial charge in [0.15, 0.2) is 5.69 Å². The van der Waals surface area contributed by atoms with Crippen molar-refractivity contribution in [1.29, 1.82) is 0 Å². The molecule has 0 saturated heterocycles. The van der Waals surface area contributed by atoms with Crippen LogP contribution in [-0.4, -0.2) is 17.0 Å². The number of pyridine rings is 1. The molecule has 0 bridgehead atoms. The van der Waals surface area contributed by atoms with Gasteiger partial charge in [0.25, 0.3) is 6.43 Å². The first-order valence-corrected chi connectivity index (χ1v) is 4.43. The molecule has 0 unspecified atom stereocenters. The fourth-order valence-corrected chi connectivity index (χ4v) is 1.39. The summed E-state index contributed by atoms with van der Waals surface area (Å²) in [5.74, 6) is -0.253. The maximum atomic E-state index is 12.4. The van der Waals surface area contributed by atoms with Crippen LogP contribution < -0.4 is 4.74 Å². The van der Waals surface area contributed by atoms with Gasteiger partial charge < -0.3 is 4.74 Å². The highest BCUT2D eigenvalue weighted by atomic mass is 79.9. The summed E-state index contributed by atoms with van der Waals surface area (Å²) in [7, 11) is 1.16. The Bertz CT molecular complexity index is 400. The van der Waals surface area contributed by atoms with E-state index in [9.17, 15) is 18.9 Å². The van der Waals surface area contributed by atoms with Crippen molar-refractivity contribution in [2.45, 2.75) is 6.43 Å². The Kier molecular flexibility index (Phi) is 3.51. The Hall–Kier alpha value is -1.31. The smallest absolute Gasteiger partial charge is 0.338 e. The molecule has 8 heteroatoms. The predicted octanol–water partition coefficient (Wildman–Crippen LogP) is 2.70. The molecular formula is C7H5BrF2N2O3. The molecule has 1 heterocycles. The van der Waals surface area contributed by atoms with Crippen LogP contribution in [0.1, 0.15) is 12.1 Å². The van der Waals surface area contributed by atoms with Crippen LogP contribution in [0, 0.1) is 10.1 Å². The normalized spacial score (nSPS) is 10.5. The maximum Gasteiger partial charge on any atom is 0.338 e. The number of hydrogen-bond acceptors (Lipinski definition) is 4. The molecule has 15 heavy (non-hydrogen) atoms. The van der Waals surface area contributed by atoms with Gasteiger partial charge in [-0.2, -0.15) is 0 Å². The molecule has 0 aliphatic carbocycles. The molecule has 1 aromatic heterocycles. The molecular weight excluding hydrogens is 278 g/mol. The van der Waals surface area contributed by atoms with Crippen LogP contribution in [0.2, 0.25) is 0 Å². The summed E-state index contributed by atoms with van der Waals surface area (Å²) >= 11 is 2.86. The van der Waals surface area contributed by atoms with Crippen molar-refractivity contribution < 1.29 is 18.4 Å². The third-order valence-corrected chi connectivity index (χ3v) is 1.97. The van der Waals surface area contributed by atoms with E-state index < -0.39 is 22.7 Å². The van der Waals surface area contributed by atoms with Crippen molar-refractivity contribution in [3.05, 3.63) is 26.5 Å². The van der Waals surface area contributed by atoms with Crippen LogP contribution in [0.4, 0.5) is 14.5 Å². The minimum Gasteiger partial charge on any atom is -0.490 e. The molecule has 82 valence electrons. The molecule has 0 spiro atoms. The van der Waals surface area contributed by atoms with E-state index in [0.29, 0.717) is 0 Å². The van der Waals surface area contributed by atoms with E-state index in [0.717, 1.165) is 13.2 Å². The number of methoxy groups -OCH3 is 1. The zero-order chi connectivity index (χ0) is 11.6. The fourth-order valence-electron chi connectivity index (χ4n) is 0.994. The van der Waals surface area contributed by atoms with Crippen LogP contribution in [0.5, 0.6) is 5.75 Å². The van der Waals surface area contributed by atoms with Crippen LogP contribution >= 0.6 is 15.9 Å². The van der Waals surface area contributed by atoms with Crippen LogP contribution in [0.25, 0.3) is 0 Å². The first-order valence-electron chi connectivity index (χ1n) is 3.64. The number of nitrogens with zero attached hydrogens (tertiary/aromatic N) is 2. The number of alkyl halides is 2. The number of rotatable bonds is 3. The van der Waals surface area contributed by atoms with E-state index in [-0.39, 0.29) is 10.4 Å². The highest BCUT2D eigenvalue weighted by Gasteiger charge is 2.29. The molecule has 0 aliphatic rings. The second kappa shape index (κ2) is 4.47. The standard InChI is InChI=1S/C7H5BrF2N2O3/c1-15-3-2-4(8)11-5(7(9)10)6(3)12(13)14/h2,7H,1H3. The Morgan fingerprint density at radius 1 is 1.67 bits per heavy atom. The van der Waals surface area contributed by atoms with E-state index in [1.165, 1.54) is 0 Å². The van der Waals surface area contributed by atoms with E-state index in [4.69, 9.17) is 0 Å². The lowest BCUT2D eigenvalue weighted by Gasteiger charge is -2.06. The minimum absolute atomic E-state index is 0.0558. The summed E-state index contributed by atoms with van der Waals surface area (Å²) in [5, 5.41) is 10.6. The zero-order valence-electron chi connectivity index (χ0n) is 7.41. The quantitative estimate of drug-likeness (QED) is 0.486. The molecule has 0 atom stereocenters. The van der Waals surface area contributed by atoms with Crippen molar-refractivity contribution in [2.75, 3.05) is 7.11 Å². The first kappa shape index (κ1) is 11.8. The van der Waals surface area contributed by atoms with Gasteiger partial charge >= 0.3 is 5.69 Å². The lowest BCUT2D eigenvalue weighted by Crippen LogP contribution is -2.02. The van der Waals surface area contributed by atoms with E-state index >= 15 is 0 Å². The average molecular weight is 283 g/mol. The number of halogens is 3. The van der Waals surface area contributed by atoms with Crippen LogP contribution in [0.15, 0.2) is 10.7 Å². The molecule has 1 aromatic rings. The minimum atomic E-state index is -3.03. The topological polar surface area (TPSA) is 65.3 Å². The molecule has 0 amide bonds. The summed E-state index contributed by atoms with van der Waals surface area (Å²) in [6.45, 7) is 0. The molecule has 0 radical (unpaired) electrons. The summed E-state index contributed by atoms with van der Waals surface area (Å²) in [4.78, 5) is 13.0. The molecule has 0 saturated carbocycles. The lowest BCUT2D eigenvalue weighted by atomic mass is 10.3. The zero-order valence-corrected chi connectivity index (χ0v) is 8.99. The van der Waals surface area contributed by atoms with Crippen molar-refractivity contribution in [3.63, 3.8) is 0 Å². The van der Waals surface area contributed by atoms with Gasteiger partial charge in [-0.1, -0.05) is 0 Å². The van der Waals surface area contributed by atoms with Crippen molar-refractivity contribution >= 4 is 21.6 Å². The second-order valence-electron chi connectivity index (χ2n) is 2.44. The van der Waals surface area contributed by atoms with Crippen molar-refractivity contribution in [3.8, 4) is 5.75 Å². The second-order valence-corrected chi connectivity index (χ2v) is 3.25. The van der Waals surface area contributed by atoms with Crippen molar-refractivity contribution in [1.82, 2.24) is 4.98 Å². The van der Waals surface area contributed by atoms with E-state index in [1.54, 1.807) is 0 Å². The number of hydrogen-bond donors (Lipinski definition) is 0. The average Bonchev–Trinajstić information content (AvgIpc) is 2.15. The number of nitro groups is 1. The Morgan fingerprint density at radius 2 is 2.27 bits per heavy atom. The molecule has 0 aromatic carbocycles. The van der Waals surface area contributed by atoms with E-state index in [1.807, 2.05) is 0 Å². The summed E-state index contributed by atoms with van der Waals surface area (Å²) in [6.07, 6.45) is -3.03. The molecule has 0 aliphatic heterocycles. The SMILES string of the molecule is COc1cc(Br)nc(C(F)F)c1[N+](=O)[O-]. The van der Waals surface area contributed by atoms with Gasteiger partial charge in [0.2, 0.25) is 5.75 Å². The van der Waals surface area contributed by atoms with Crippen LogP contribution in [-0.2, 0) is 0 Å². The summed E-state index contributed by atoms with van der Waals surface area (Å²) in [6, 6.07) is 1.16. The van der Waals surface area contributed by atoms with Gasteiger partial charge in [0.1, 0.15) is 4.60 Å². The third kappa shape index (κ3) is 2.38. The Morgan fingerprint density at radius 3 is 2.67 bits per heavy atom. The first-order chi connectivity index (χ1) is 6.97. The number of aromatic nitrogens is 1. The van der Waals surface area contributed by atoms with Crippen LogP contribution in [0.3, 0.4) is 0 Å². The third-order valence-electron chi connectivity index (χ3n) is 1.56. The van der Waals surface area contributed by atoms with E-state index in [2.05, 4.69) is 25.7 Å². The largest absolute Gasteiger partial charge is 0.490 e. The van der Waals surface area contributed by atoms with Gasteiger partial charge in [0, 0.05) is 6.07 Å². The molecule has 0 N–H and O–H groups in total. The van der Waals surface area contributed by atoms with Gasteiger partial charge in [0.05, 0.1) is 12.0 Å². The van der Waals surface area contributed by atoms with Gasteiger partial charge in [-0.05, 0) is 15.9 Å². The fraction of sp³-hybridized carbons (Fsp3) is 0.286. The highest BCUT2D eigenvalue weighted by Crippen LogP contribution is 2.36. The predicted molar refractivity (Wildman–Crippen MR) is 50.1 cm³/mol. The van der Waals surface area contributed by atoms with Gasteiger partial charge in [-0.3, -0.25) is 10.1 Å². The lowest BCUT2D eigenvalue weighted by molar-refractivity contribution is -0.387. The number of ether oxygens (including phenoxy) is 1. The molecule has 5 nitrogen and oxygen atoms in total. The summed E-state index contributed by atoms with van der Waals surface area (Å²) < 4.78 is 29.6. The van der Waals surface area contributed by atoms with Crippen molar-refractivity contribution in [2.24, 2.45) is 0 Å². The Balaban J connectivity index is 3.47. The molecule has 0 fully saturated rings.